The molecular formula is C5H8N4S. The Bertz CT molecular complexity index is 191. The van der Waals surface area contributed by atoms with E-state index in [0.29, 0.717) is 6.17 Å². The molecule has 0 radical (unpaired) electrons. The van der Waals surface area contributed by atoms with E-state index >= 15 is 0 Å². The normalized spacial score (nSPS) is 20.0. The van der Waals surface area contributed by atoms with Crippen LogP contribution in [0.1, 0.15) is 11.0 Å². The first-order chi connectivity index (χ1) is 4.97. The second-order valence-corrected chi connectivity index (χ2v) is 2.98. The first-order valence-electron chi connectivity index (χ1n) is 3.21. The van der Waals surface area contributed by atoms with Crippen LogP contribution in [0.5, 0.6) is 0 Å². The van der Waals surface area contributed by atoms with Crippen LogP contribution < -0.4 is 10.6 Å². The molecule has 10 heavy (non-hydrogen) atoms. The quantitative estimate of drug-likeness (QED) is 0.587. The second-order valence-electron chi connectivity index (χ2n) is 2.16. The zero-order valence-electron chi connectivity index (χ0n) is 5.37. The van der Waals surface area contributed by atoms with Crippen LogP contribution >= 0.6 is 11.5 Å². The summed E-state index contributed by atoms with van der Waals surface area (Å²) in [5, 5.41) is 10.3. The molecule has 2 rings (SSSR count). The van der Waals surface area contributed by atoms with E-state index in [2.05, 4.69) is 20.2 Å². The smallest absolute Gasteiger partial charge is 0.0963 e. The molecule has 0 saturated carbocycles. The summed E-state index contributed by atoms with van der Waals surface area (Å²) in [6.45, 7) is 2.06. The molecule has 0 aliphatic carbocycles. The average Bonchev–Trinajstić information content (AvgIpc) is 2.59. The van der Waals surface area contributed by atoms with E-state index in [4.69, 9.17) is 0 Å². The van der Waals surface area contributed by atoms with Crippen molar-refractivity contribution in [3.8, 4) is 0 Å². The van der Waals surface area contributed by atoms with Crippen LogP contribution in [0.25, 0.3) is 0 Å². The van der Waals surface area contributed by atoms with Gasteiger partial charge in [0.15, 0.2) is 0 Å². The van der Waals surface area contributed by atoms with Gasteiger partial charge in [0.1, 0.15) is 0 Å². The summed E-state index contributed by atoms with van der Waals surface area (Å²) in [7, 11) is 0. The molecule has 1 aromatic rings. The molecule has 2 heterocycles. The van der Waals surface area contributed by atoms with Crippen molar-refractivity contribution in [2.45, 2.75) is 6.17 Å². The first-order valence-corrected chi connectivity index (χ1v) is 3.98. The molecule has 0 spiro atoms. The van der Waals surface area contributed by atoms with Gasteiger partial charge >= 0.3 is 0 Å². The molecular weight excluding hydrogens is 148 g/mol. The number of nitrogens with zero attached hydrogens (tertiary/aromatic N) is 2. The number of rotatable bonds is 1. The van der Waals surface area contributed by atoms with Crippen molar-refractivity contribution in [3.05, 3.63) is 11.1 Å². The molecule has 1 fully saturated rings. The minimum atomic E-state index is 0.292. The highest BCUT2D eigenvalue weighted by atomic mass is 32.1. The maximum atomic E-state index is 3.78. The van der Waals surface area contributed by atoms with Crippen molar-refractivity contribution in [1.82, 2.24) is 20.2 Å². The lowest BCUT2D eigenvalue weighted by Crippen LogP contribution is -2.19. The van der Waals surface area contributed by atoms with E-state index in [1.807, 2.05) is 0 Å². The van der Waals surface area contributed by atoms with E-state index in [-0.39, 0.29) is 0 Å². The second kappa shape index (κ2) is 2.61. The van der Waals surface area contributed by atoms with Crippen LogP contribution in [0.2, 0.25) is 0 Å². The monoisotopic (exact) mass is 156 g/mol. The lowest BCUT2D eigenvalue weighted by Gasteiger charge is -2.04. The van der Waals surface area contributed by atoms with Gasteiger partial charge in [-0.1, -0.05) is 4.49 Å². The Kier molecular flexibility index (Phi) is 1.62. The van der Waals surface area contributed by atoms with Gasteiger partial charge < -0.3 is 0 Å². The Morgan fingerprint density at radius 3 is 2.90 bits per heavy atom. The minimum Gasteiger partial charge on any atom is -0.296 e. The predicted molar refractivity (Wildman–Crippen MR) is 38.7 cm³/mol. The zero-order valence-corrected chi connectivity index (χ0v) is 6.19. The van der Waals surface area contributed by atoms with Crippen LogP contribution in [0.4, 0.5) is 0 Å². The Labute approximate surface area is 62.8 Å². The number of hydrogen-bond acceptors (Lipinski definition) is 5. The minimum absolute atomic E-state index is 0.292. The van der Waals surface area contributed by atoms with Crippen LogP contribution in [-0.2, 0) is 0 Å². The van der Waals surface area contributed by atoms with Gasteiger partial charge in [-0.25, -0.2) is 0 Å². The number of nitrogens with one attached hydrogen (secondary N) is 2. The first kappa shape index (κ1) is 6.21. The Hall–Kier alpha value is -0.520. The van der Waals surface area contributed by atoms with E-state index in [0.717, 1.165) is 18.0 Å². The number of aromatic nitrogens is 2. The van der Waals surface area contributed by atoms with E-state index in [9.17, 15) is 0 Å². The molecule has 1 saturated heterocycles. The van der Waals surface area contributed by atoms with Crippen LogP contribution in [0.3, 0.4) is 0 Å². The Morgan fingerprint density at radius 1 is 1.50 bits per heavy atom. The van der Waals surface area contributed by atoms with Crippen LogP contribution in [0.15, 0.2) is 6.20 Å². The standard InChI is InChI=1S/C5H8N4S/c1-2-7-5(6-1)4-3-8-9-10-4/h3,5-7H,1-2H2. The fourth-order valence-electron chi connectivity index (χ4n) is 1.01. The molecule has 1 aliphatic heterocycles. The average molecular weight is 156 g/mol. The summed E-state index contributed by atoms with van der Waals surface area (Å²) >= 11 is 1.43. The maximum absolute atomic E-state index is 3.78. The molecule has 0 amide bonds. The fraction of sp³-hybridized carbons (Fsp3) is 0.600. The highest BCUT2D eigenvalue weighted by Crippen LogP contribution is 2.13. The lowest BCUT2D eigenvalue weighted by atomic mass is 10.4. The van der Waals surface area contributed by atoms with Gasteiger partial charge in [-0.2, -0.15) is 0 Å². The molecule has 0 aromatic carbocycles. The van der Waals surface area contributed by atoms with Gasteiger partial charge in [-0.15, -0.1) is 5.10 Å². The summed E-state index contributed by atoms with van der Waals surface area (Å²) in [6.07, 6.45) is 2.08. The van der Waals surface area contributed by atoms with E-state index < -0.39 is 0 Å². The summed E-state index contributed by atoms with van der Waals surface area (Å²) in [6, 6.07) is 0. The molecule has 4 nitrogen and oxygen atoms in total. The SMILES string of the molecule is c1nnsc1C1NCCN1. The topological polar surface area (TPSA) is 49.8 Å². The zero-order chi connectivity index (χ0) is 6.81. The van der Waals surface area contributed by atoms with Gasteiger partial charge in [0.2, 0.25) is 0 Å². The third-order valence-corrected chi connectivity index (χ3v) is 2.21. The van der Waals surface area contributed by atoms with Crippen molar-refractivity contribution in [2.75, 3.05) is 13.1 Å². The van der Waals surface area contributed by atoms with Crippen molar-refractivity contribution >= 4 is 11.5 Å². The van der Waals surface area contributed by atoms with Crippen molar-refractivity contribution < 1.29 is 0 Å². The summed E-state index contributed by atoms with van der Waals surface area (Å²) in [5.74, 6) is 0. The van der Waals surface area contributed by atoms with E-state index in [1.165, 1.54) is 11.5 Å². The van der Waals surface area contributed by atoms with Crippen molar-refractivity contribution in [1.29, 1.82) is 0 Å². The fourth-order valence-corrected chi connectivity index (χ4v) is 1.56. The van der Waals surface area contributed by atoms with Crippen LogP contribution in [0, 0.1) is 0 Å². The molecule has 0 atom stereocenters. The van der Waals surface area contributed by atoms with Gasteiger partial charge in [0.05, 0.1) is 17.2 Å². The highest BCUT2D eigenvalue weighted by Gasteiger charge is 2.16. The van der Waals surface area contributed by atoms with Crippen LogP contribution in [-0.4, -0.2) is 22.7 Å². The molecule has 1 aromatic heterocycles. The summed E-state index contributed by atoms with van der Waals surface area (Å²) in [5.41, 5.74) is 0. The third-order valence-electron chi connectivity index (χ3n) is 1.48. The van der Waals surface area contributed by atoms with Gasteiger partial charge in [0, 0.05) is 13.1 Å². The summed E-state index contributed by atoms with van der Waals surface area (Å²) in [4.78, 5) is 1.16. The molecule has 0 bridgehead atoms. The lowest BCUT2D eigenvalue weighted by molar-refractivity contribution is 0.598. The predicted octanol–water partition coefficient (Wildman–Crippen LogP) is -0.271. The molecule has 0 unspecified atom stereocenters. The highest BCUT2D eigenvalue weighted by molar-refractivity contribution is 7.05. The third kappa shape index (κ3) is 1.03. The van der Waals surface area contributed by atoms with E-state index in [1.54, 1.807) is 6.20 Å². The van der Waals surface area contributed by atoms with Gasteiger partial charge in [-0.05, 0) is 11.5 Å². The van der Waals surface area contributed by atoms with Crippen molar-refractivity contribution in [3.63, 3.8) is 0 Å². The Morgan fingerprint density at radius 2 is 2.30 bits per heavy atom. The largest absolute Gasteiger partial charge is 0.296 e. The van der Waals surface area contributed by atoms with Gasteiger partial charge in [-0.3, -0.25) is 10.6 Å². The Balaban J connectivity index is 2.12. The maximum Gasteiger partial charge on any atom is 0.0963 e. The molecule has 5 heteroatoms. The molecule has 2 N–H and O–H groups in total. The van der Waals surface area contributed by atoms with Gasteiger partial charge in [0.25, 0.3) is 0 Å². The summed E-state index contributed by atoms with van der Waals surface area (Å²) < 4.78 is 3.78. The number of hydrogen-bond donors (Lipinski definition) is 2. The molecule has 1 aliphatic rings. The molecule has 54 valence electrons. The van der Waals surface area contributed by atoms with Crippen molar-refractivity contribution in [2.24, 2.45) is 0 Å².